The molecule has 4 aromatic rings. The first kappa shape index (κ1) is 27.1. The maximum atomic E-state index is 14.2. The van der Waals surface area contributed by atoms with Crippen molar-refractivity contribution in [1.82, 2.24) is 9.80 Å². The van der Waals surface area contributed by atoms with Crippen molar-refractivity contribution < 1.29 is 19.2 Å². The molecule has 2 aromatic heterocycles. The Balaban J connectivity index is 2.00. The van der Waals surface area contributed by atoms with Gasteiger partial charge in [0.1, 0.15) is 34.0 Å². The number of carbonyl (C=O) groups excluding carboxylic acids is 4. The van der Waals surface area contributed by atoms with Crippen molar-refractivity contribution in [2.75, 3.05) is 13.1 Å². The van der Waals surface area contributed by atoms with Gasteiger partial charge in [0.2, 0.25) is 0 Å². The molecule has 0 unspecified atom stereocenters. The summed E-state index contributed by atoms with van der Waals surface area (Å²) in [6, 6.07) is 8.01. The molecule has 204 valence electrons. The number of imide groups is 2. The van der Waals surface area contributed by atoms with Crippen LogP contribution >= 0.6 is 22.7 Å². The molecular formula is C30H18N6O4S2. The maximum Gasteiger partial charge on any atom is 0.262 e. The Morgan fingerprint density at radius 1 is 0.548 bits per heavy atom. The molecule has 0 aliphatic carbocycles. The minimum Gasteiger partial charge on any atom is -0.274 e. The maximum absolute atomic E-state index is 14.2. The van der Waals surface area contributed by atoms with Crippen molar-refractivity contribution >= 4 is 77.2 Å². The normalized spacial score (nSPS) is 14.3. The van der Waals surface area contributed by atoms with E-state index >= 15 is 0 Å². The minimum absolute atomic E-state index is 0.00310. The molecule has 6 rings (SSSR count). The van der Waals surface area contributed by atoms with Crippen LogP contribution in [0, 0.1) is 57.2 Å². The molecule has 42 heavy (non-hydrogen) atoms. The SMILES string of the molecule is CC(C)CN1C(=O)c2c3sc(C#N)c(C#N)c3c3c4c(c5sc(C#N)c(C#N)c5c(c24)C1=O)C(=O)N(CC(C)C)C3=O. The second-order valence-corrected chi connectivity index (χ2v) is 13.0. The fraction of sp³-hybridized carbons (Fsp3) is 0.267. The van der Waals surface area contributed by atoms with Crippen LogP contribution in [0.1, 0.15) is 90.0 Å². The van der Waals surface area contributed by atoms with Crippen LogP contribution in [0.5, 0.6) is 0 Å². The van der Waals surface area contributed by atoms with Gasteiger partial charge in [-0.05, 0) is 11.8 Å². The van der Waals surface area contributed by atoms with Crippen LogP contribution < -0.4 is 0 Å². The predicted octanol–water partition coefficient (Wildman–Crippen LogP) is 5.26. The number of hydrogen-bond acceptors (Lipinski definition) is 10. The van der Waals surface area contributed by atoms with E-state index in [1.807, 2.05) is 52.0 Å². The van der Waals surface area contributed by atoms with Crippen molar-refractivity contribution in [3.05, 3.63) is 43.1 Å². The third kappa shape index (κ3) is 3.25. The van der Waals surface area contributed by atoms with Gasteiger partial charge in [0.15, 0.2) is 0 Å². The summed E-state index contributed by atoms with van der Waals surface area (Å²) in [5.74, 6) is -3.04. The fourth-order valence-electron chi connectivity index (χ4n) is 5.91. The molecule has 4 heterocycles. The molecule has 0 saturated carbocycles. The highest BCUT2D eigenvalue weighted by molar-refractivity contribution is 7.21. The lowest BCUT2D eigenvalue weighted by Gasteiger charge is -2.34. The molecular weight excluding hydrogens is 573 g/mol. The Labute approximate surface area is 246 Å². The average molecular weight is 591 g/mol. The number of rotatable bonds is 4. The van der Waals surface area contributed by atoms with Crippen LogP contribution in [0.15, 0.2) is 0 Å². The second-order valence-electron chi connectivity index (χ2n) is 10.9. The first-order chi connectivity index (χ1) is 20.0. The van der Waals surface area contributed by atoms with Crippen LogP contribution in [-0.4, -0.2) is 46.5 Å². The van der Waals surface area contributed by atoms with E-state index in [1.54, 1.807) is 0 Å². The molecule has 0 spiro atoms. The Bertz CT molecular complexity index is 2040. The number of nitriles is 4. The Kier molecular flexibility index (Phi) is 5.92. The van der Waals surface area contributed by atoms with Crippen LogP contribution in [0.25, 0.3) is 30.9 Å². The van der Waals surface area contributed by atoms with Gasteiger partial charge in [0, 0.05) is 34.6 Å². The van der Waals surface area contributed by atoms with Gasteiger partial charge in [-0.25, -0.2) is 0 Å². The van der Waals surface area contributed by atoms with Crippen molar-refractivity contribution in [2.45, 2.75) is 27.7 Å². The number of nitrogens with zero attached hydrogens (tertiary/aromatic N) is 6. The van der Waals surface area contributed by atoms with Crippen LogP contribution in [0.2, 0.25) is 0 Å². The van der Waals surface area contributed by atoms with E-state index in [0.29, 0.717) is 0 Å². The van der Waals surface area contributed by atoms with Gasteiger partial charge >= 0.3 is 0 Å². The summed E-state index contributed by atoms with van der Waals surface area (Å²) in [6.07, 6.45) is 0. The van der Waals surface area contributed by atoms with E-state index in [9.17, 15) is 40.2 Å². The number of fused-ring (bicyclic) bond motifs is 6. The molecule has 10 nitrogen and oxygen atoms in total. The third-order valence-electron chi connectivity index (χ3n) is 7.38. The highest BCUT2D eigenvalue weighted by atomic mass is 32.1. The van der Waals surface area contributed by atoms with E-state index in [-0.39, 0.29) is 99.0 Å². The molecule has 4 amide bonds. The van der Waals surface area contributed by atoms with E-state index in [2.05, 4.69) is 0 Å². The summed E-state index contributed by atoms with van der Waals surface area (Å²) in [6.45, 7) is 7.37. The van der Waals surface area contributed by atoms with E-state index in [1.165, 1.54) is 0 Å². The number of thiophene rings is 2. The van der Waals surface area contributed by atoms with Gasteiger partial charge in [-0.1, -0.05) is 27.7 Å². The number of benzene rings is 2. The largest absolute Gasteiger partial charge is 0.274 e. The second kappa shape index (κ2) is 9.19. The van der Waals surface area contributed by atoms with Crippen molar-refractivity contribution in [3.8, 4) is 24.3 Å². The third-order valence-corrected chi connectivity index (χ3v) is 9.60. The topological polar surface area (TPSA) is 170 Å². The van der Waals surface area contributed by atoms with Gasteiger partial charge in [0.05, 0.1) is 42.8 Å². The summed E-state index contributed by atoms with van der Waals surface area (Å²) in [5.41, 5.74) is -0.271. The zero-order chi connectivity index (χ0) is 30.4. The molecule has 0 bridgehead atoms. The molecule has 2 aliphatic rings. The Morgan fingerprint density at radius 3 is 1.17 bits per heavy atom. The van der Waals surface area contributed by atoms with Gasteiger partial charge < -0.3 is 0 Å². The predicted molar refractivity (Wildman–Crippen MR) is 154 cm³/mol. The Hall–Kier alpha value is -5.14. The van der Waals surface area contributed by atoms with Crippen LogP contribution in [0.3, 0.4) is 0 Å². The molecule has 0 fully saturated rings. The first-order valence-corrected chi connectivity index (χ1v) is 14.6. The van der Waals surface area contributed by atoms with Crippen LogP contribution in [0.4, 0.5) is 0 Å². The molecule has 12 heteroatoms. The first-order valence-electron chi connectivity index (χ1n) is 12.9. The van der Waals surface area contributed by atoms with Crippen molar-refractivity contribution in [3.63, 3.8) is 0 Å². The summed E-state index contributed by atoms with van der Waals surface area (Å²) in [5, 5.41) is 40.3. The molecule has 0 radical (unpaired) electrons. The average Bonchev–Trinajstić information content (AvgIpc) is 3.51. The lowest BCUT2D eigenvalue weighted by atomic mass is 9.81. The Morgan fingerprint density at radius 2 is 0.881 bits per heavy atom. The molecule has 2 aliphatic heterocycles. The fourth-order valence-corrected chi connectivity index (χ4v) is 8.11. The molecule has 0 N–H and O–H groups in total. The van der Waals surface area contributed by atoms with Gasteiger partial charge in [0.25, 0.3) is 23.6 Å². The monoisotopic (exact) mass is 590 g/mol. The lowest BCUT2D eigenvalue weighted by molar-refractivity contribution is 0.0575. The standard InChI is InChI=1S/C30H18N6O4S2/c1-11(2)9-35-27(37)21-17-13(5-31)15(7-33)42-26(17)24-20-19(21)23(29(35)39)25-18(14(6-32)16(8-34)41-25)22(20)28(38)36(30(24)40)10-12(3)4/h11-12H,9-10H2,1-4H3. The summed E-state index contributed by atoms with van der Waals surface area (Å²) >= 11 is 1.75. The summed E-state index contributed by atoms with van der Waals surface area (Å²) in [4.78, 5) is 58.8. The quantitative estimate of drug-likeness (QED) is 0.290. The molecule has 0 atom stereocenters. The highest BCUT2D eigenvalue weighted by Gasteiger charge is 2.46. The number of hydrogen-bond donors (Lipinski definition) is 0. The zero-order valence-electron chi connectivity index (χ0n) is 22.7. The summed E-state index contributed by atoms with van der Waals surface area (Å²) < 4.78 is 0.370. The smallest absolute Gasteiger partial charge is 0.262 e. The summed E-state index contributed by atoms with van der Waals surface area (Å²) in [7, 11) is 0. The van der Waals surface area contributed by atoms with Crippen LogP contribution in [-0.2, 0) is 0 Å². The zero-order valence-corrected chi connectivity index (χ0v) is 24.3. The highest BCUT2D eigenvalue weighted by Crippen LogP contribution is 2.52. The lowest BCUT2D eigenvalue weighted by Crippen LogP contribution is -2.45. The van der Waals surface area contributed by atoms with Gasteiger partial charge in [-0.3, -0.25) is 29.0 Å². The number of carbonyl (C=O) groups is 4. The molecule has 2 aromatic carbocycles. The van der Waals surface area contributed by atoms with E-state index < -0.39 is 23.6 Å². The number of amides is 4. The van der Waals surface area contributed by atoms with E-state index in [0.717, 1.165) is 32.5 Å². The van der Waals surface area contributed by atoms with E-state index in [4.69, 9.17) is 0 Å². The minimum atomic E-state index is -0.705. The van der Waals surface area contributed by atoms with Gasteiger partial charge in [-0.2, -0.15) is 21.0 Å². The van der Waals surface area contributed by atoms with Crippen molar-refractivity contribution in [1.29, 1.82) is 21.0 Å². The van der Waals surface area contributed by atoms with Gasteiger partial charge in [-0.15, -0.1) is 22.7 Å². The van der Waals surface area contributed by atoms with Crippen molar-refractivity contribution in [2.24, 2.45) is 11.8 Å². The molecule has 0 saturated heterocycles.